The Morgan fingerprint density at radius 3 is 2.90 bits per heavy atom. The van der Waals surface area contributed by atoms with Crippen molar-refractivity contribution >= 4 is 34.0 Å². The third-order valence-electron chi connectivity index (χ3n) is 3.36. The van der Waals surface area contributed by atoms with Gasteiger partial charge in [-0.15, -0.1) is 0 Å². The van der Waals surface area contributed by atoms with Crippen LogP contribution in [0.5, 0.6) is 0 Å². The second kappa shape index (κ2) is 4.02. The summed E-state index contributed by atoms with van der Waals surface area (Å²) < 4.78 is 7.32. The lowest BCUT2D eigenvalue weighted by Gasteiger charge is -1.97. The van der Waals surface area contributed by atoms with Crippen molar-refractivity contribution in [2.75, 3.05) is 5.73 Å². The highest BCUT2D eigenvalue weighted by Gasteiger charge is 2.16. The fourth-order valence-corrected chi connectivity index (χ4v) is 2.56. The topological polar surface area (TPSA) is 56.5 Å². The molecule has 0 unspecified atom stereocenters. The molecule has 3 aromatic heterocycles. The lowest BCUT2D eigenvalue weighted by molar-refractivity contribution is 0.617. The van der Waals surface area contributed by atoms with Crippen LogP contribution in [0.15, 0.2) is 53.3 Å². The minimum Gasteiger partial charge on any atom is -0.464 e. The van der Waals surface area contributed by atoms with Crippen LogP contribution in [0.2, 0.25) is 5.02 Å². The Bertz CT molecular complexity index is 939. The molecule has 0 amide bonds. The predicted molar refractivity (Wildman–Crippen MR) is 79.8 cm³/mol. The maximum atomic E-state index is 6.19. The van der Waals surface area contributed by atoms with E-state index in [1.165, 1.54) is 0 Å². The maximum absolute atomic E-state index is 6.19. The molecule has 4 nitrogen and oxygen atoms in total. The molecule has 0 bridgehead atoms. The SMILES string of the molecule is Nc1c(-c2coc3ccccc23)nc2ccc(Cl)cn12. The van der Waals surface area contributed by atoms with E-state index in [0.29, 0.717) is 16.5 Å². The summed E-state index contributed by atoms with van der Waals surface area (Å²) in [5.41, 5.74) is 9.36. The van der Waals surface area contributed by atoms with Crippen LogP contribution < -0.4 is 5.73 Å². The van der Waals surface area contributed by atoms with E-state index >= 15 is 0 Å². The van der Waals surface area contributed by atoms with Gasteiger partial charge in [0.2, 0.25) is 0 Å². The highest BCUT2D eigenvalue weighted by molar-refractivity contribution is 6.30. The number of hydrogen-bond acceptors (Lipinski definition) is 3. The zero-order chi connectivity index (χ0) is 13.7. The molecule has 0 spiro atoms. The van der Waals surface area contributed by atoms with Gasteiger partial charge < -0.3 is 10.2 Å². The Hall–Kier alpha value is -2.46. The third-order valence-corrected chi connectivity index (χ3v) is 3.58. The van der Waals surface area contributed by atoms with Crippen LogP contribution in [0.1, 0.15) is 0 Å². The van der Waals surface area contributed by atoms with Crippen LogP contribution in [0, 0.1) is 0 Å². The fraction of sp³-hybridized carbons (Fsp3) is 0. The molecule has 0 fully saturated rings. The average molecular weight is 284 g/mol. The van der Waals surface area contributed by atoms with Gasteiger partial charge in [0.25, 0.3) is 0 Å². The van der Waals surface area contributed by atoms with E-state index in [-0.39, 0.29) is 0 Å². The van der Waals surface area contributed by atoms with E-state index in [4.69, 9.17) is 21.8 Å². The molecule has 3 heterocycles. The average Bonchev–Trinajstić information content (AvgIpc) is 3.01. The Morgan fingerprint density at radius 1 is 1.15 bits per heavy atom. The van der Waals surface area contributed by atoms with Gasteiger partial charge in [0.05, 0.1) is 10.6 Å². The number of nitrogen functional groups attached to an aromatic ring is 1. The molecule has 5 heteroatoms. The number of fused-ring (bicyclic) bond motifs is 2. The van der Waals surface area contributed by atoms with Crippen LogP contribution in [-0.2, 0) is 0 Å². The molecule has 20 heavy (non-hydrogen) atoms. The normalized spacial score (nSPS) is 11.4. The summed E-state index contributed by atoms with van der Waals surface area (Å²) >= 11 is 6.00. The Balaban J connectivity index is 2.05. The zero-order valence-corrected chi connectivity index (χ0v) is 11.1. The molecular weight excluding hydrogens is 274 g/mol. The van der Waals surface area contributed by atoms with Crippen LogP contribution in [0.25, 0.3) is 27.9 Å². The van der Waals surface area contributed by atoms with E-state index in [1.54, 1.807) is 22.9 Å². The van der Waals surface area contributed by atoms with Gasteiger partial charge in [0.15, 0.2) is 0 Å². The Labute approximate surface area is 119 Å². The van der Waals surface area contributed by atoms with Crippen LogP contribution in [0.3, 0.4) is 0 Å². The van der Waals surface area contributed by atoms with Crippen molar-refractivity contribution in [3.63, 3.8) is 0 Å². The van der Waals surface area contributed by atoms with Crippen LogP contribution >= 0.6 is 11.6 Å². The summed E-state index contributed by atoms with van der Waals surface area (Å²) in [5.74, 6) is 0.550. The van der Waals surface area contributed by atoms with Gasteiger partial charge in [-0.3, -0.25) is 4.40 Å². The molecule has 0 aliphatic carbocycles. The van der Waals surface area contributed by atoms with Crippen molar-refractivity contribution in [3.8, 4) is 11.3 Å². The smallest absolute Gasteiger partial charge is 0.139 e. The van der Waals surface area contributed by atoms with Crippen molar-refractivity contribution in [1.29, 1.82) is 0 Å². The number of halogens is 1. The molecule has 4 rings (SSSR count). The summed E-state index contributed by atoms with van der Waals surface area (Å²) in [7, 11) is 0. The molecule has 0 aliphatic heterocycles. The first-order valence-electron chi connectivity index (χ1n) is 6.14. The molecular formula is C15H10ClN3O. The number of anilines is 1. The Kier molecular flexibility index (Phi) is 2.28. The van der Waals surface area contributed by atoms with Gasteiger partial charge in [0.1, 0.15) is 29.0 Å². The lowest BCUT2D eigenvalue weighted by atomic mass is 10.1. The van der Waals surface area contributed by atoms with Gasteiger partial charge in [-0.1, -0.05) is 29.8 Å². The van der Waals surface area contributed by atoms with Crippen molar-refractivity contribution in [2.24, 2.45) is 0 Å². The molecule has 0 atom stereocenters. The number of para-hydroxylation sites is 1. The van der Waals surface area contributed by atoms with Crippen LogP contribution in [0.4, 0.5) is 5.82 Å². The van der Waals surface area contributed by atoms with Gasteiger partial charge in [-0.05, 0) is 18.2 Å². The fourth-order valence-electron chi connectivity index (χ4n) is 2.40. The quantitative estimate of drug-likeness (QED) is 0.575. The summed E-state index contributed by atoms with van der Waals surface area (Å²) in [5, 5.41) is 1.61. The molecule has 1 aromatic carbocycles. The van der Waals surface area contributed by atoms with Crippen molar-refractivity contribution in [2.45, 2.75) is 0 Å². The Morgan fingerprint density at radius 2 is 2.00 bits per heavy atom. The van der Waals surface area contributed by atoms with Crippen molar-refractivity contribution in [1.82, 2.24) is 9.38 Å². The van der Waals surface area contributed by atoms with E-state index in [9.17, 15) is 0 Å². The largest absolute Gasteiger partial charge is 0.464 e. The van der Waals surface area contributed by atoms with E-state index in [0.717, 1.165) is 22.2 Å². The number of hydrogen-bond donors (Lipinski definition) is 1. The van der Waals surface area contributed by atoms with Crippen molar-refractivity contribution in [3.05, 3.63) is 53.9 Å². The number of rotatable bonds is 1. The molecule has 0 saturated carbocycles. The number of imidazole rings is 1. The van der Waals surface area contributed by atoms with Gasteiger partial charge in [-0.25, -0.2) is 4.98 Å². The molecule has 0 radical (unpaired) electrons. The highest BCUT2D eigenvalue weighted by atomic mass is 35.5. The number of aromatic nitrogens is 2. The number of furan rings is 1. The highest BCUT2D eigenvalue weighted by Crippen LogP contribution is 2.34. The number of nitrogens with zero attached hydrogens (tertiary/aromatic N) is 2. The van der Waals surface area contributed by atoms with Gasteiger partial charge in [0, 0.05) is 11.6 Å². The molecule has 2 N–H and O–H groups in total. The number of benzene rings is 1. The van der Waals surface area contributed by atoms with Crippen molar-refractivity contribution < 1.29 is 4.42 Å². The molecule has 98 valence electrons. The first kappa shape index (κ1) is 11.4. The van der Waals surface area contributed by atoms with Gasteiger partial charge in [-0.2, -0.15) is 0 Å². The monoisotopic (exact) mass is 283 g/mol. The lowest BCUT2D eigenvalue weighted by Crippen LogP contribution is -1.93. The van der Waals surface area contributed by atoms with Gasteiger partial charge >= 0.3 is 0 Å². The number of pyridine rings is 1. The first-order chi connectivity index (χ1) is 9.74. The second-order valence-corrected chi connectivity index (χ2v) is 5.00. The summed E-state index contributed by atoms with van der Waals surface area (Å²) in [6.07, 6.45) is 3.44. The summed E-state index contributed by atoms with van der Waals surface area (Å²) in [4.78, 5) is 4.57. The first-order valence-corrected chi connectivity index (χ1v) is 6.51. The minimum absolute atomic E-state index is 0.550. The maximum Gasteiger partial charge on any atom is 0.139 e. The van der Waals surface area contributed by atoms with E-state index in [1.807, 2.05) is 30.3 Å². The van der Waals surface area contributed by atoms with E-state index in [2.05, 4.69) is 4.98 Å². The molecule has 4 aromatic rings. The van der Waals surface area contributed by atoms with Crippen LogP contribution in [-0.4, -0.2) is 9.38 Å². The third kappa shape index (κ3) is 1.52. The molecule has 0 aliphatic rings. The summed E-state index contributed by atoms with van der Waals surface area (Å²) in [6, 6.07) is 11.4. The zero-order valence-electron chi connectivity index (χ0n) is 10.4. The number of nitrogens with two attached hydrogens (primary N) is 1. The molecule has 0 saturated heterocycles. The predicted octanol–water partition coefficient (Wildman–Crippen LogP) is 3.98. The van der Waals surface area contributed by atoms with E-state index < -0.39 is 0 Å². The summed E-state index contributed by atoms with van der Waals surface area (Å²) in [6.45, 7) is 0. The minimum atomic E-state index is 0.550. The second-order valence-electron chi connectivity index (χ2n) is 4.57. The standard InChI is InChI=1S/C15H10ClN3O/c16-9-5-6-13-18-14(15(17)19(13)7-9)11-8-20-12-4-2-1-3-10(11)12/h1-8H,17H2.